The summed E-state index contributed by atoms with van der Waals surface area (Å²) in [4.78, 5) is 70.6. The molecule has 3 aromatic heterocycles. The van der Waals surface area contributed by atoms with E-state index in [1.165, 1.54) is 23.6 Å². The van der Waals surface area contributed by atoms with Crippen molar-refractivity contribution in [2.45, 2.75) is 71.6 Å². The fourth-order valence-electron chi connectivity index (χ4n) is 7.30. The summed E-state index contributed by atoms with van der Waals surface area (Å²) in [6.45, 7) is 7.76. The SMILES string of the molecule is C#C[C@@H]1[C@@H](CN2CCC[C@H]2C(=O)OC)C[C@@H](C(=O)Nc2nc(Br)ccc2C)N1C(=O)Cn1nc(C(C)=O)c2cc(-c3cnc(C)nc3)cc(C)c21. The number of methoxy groups -OCH3 is 1. The highest BCUT2D eigenvalue weighted by Crippen LogP contribution is 2.35. The number of nitrogens with one attached hydrogen (secondary N) is 1. The van der Waals surface area contributed by atoms with Gasteiger partial charge in [-0.2, -0.15) is 5.10 Å². The maximum absolute atomic E-state index is 14.5. The minimum atomic E-state index is -0.939. The Morgan fingerprint density at radius 1 is 1.06 bits per heavy atom. The maximum Gasteiger partial charge on any atom is 0.323 e. The first kappa shape index (κ1) is 35.8. The average Bonchev–Trinajstić information content (AvgIpc) is 3.82. The molecule has 0 bridgehead atoms. The molecule has 1 N–H and O–H groups in total. The minimum Gasteiger partial charge on any atom is -0.468 e. The summed E-state index contributed by atoms with van der Waals surface area (Å²) in [5.74, 6) is 2.04. The van der Waals surface area contributed by atoms with E-state index in [9.17, 15) is 19.2 Å². The number of likely N-dealkylation sites (tertiary alicyclic amines) is 2. The Morgan fingerprint density at radius 3 is 2.49 bits per heavy atom. The van der Waals surface area contributed by atoms with Crippen LogP contribution in [0.3, 0.4) is 0 Å². The lowest BCUT2D eigenvalue weighted by molar-refractivity contribution is -0.146. The lowest BCUT2D eigenvalue weighted by Gasteiger charge is -2.30. The molecule has 2 fully saturated rings. The van der Waals surface area contributed by atoms with Crippen molar-refractivity contribution in [1.82, 2.24) is 34.5 Å². The van der Waals surface area contributed by atoms with Gasteiger partial charge in [-0.25, -0.2) is 15.0 Å². The summed E-state index contributed by atoms with van der Waals surface area (Å²) in [6.07, 6.45) is 11.3. The number of fused-ring (bicyclic) bond motifs is 1. The van der Waals surface area contributed by atoms with E-state index in [4.69, 9.17) is 11.2 Å². The Kier molecular flexibility index (Phi) is 10.3. The average molecular weight is 756 g/mol. The number of halogens is 1. The number of anilines is 1. The Hall–Kier alpha value is -5.00. The number of carbonyl (C=O) groups excluding carboxylic acids is 4. The van der Waals surface area contributed by atoms with Gasteiger partial charge in [0, 0.05) is 42.7 Å². The van der Waals surface area contributed by atoms with E-state index in [0.29, 0.717) is 46.7 Å². The van der Waals surface area contributed by atoms with E-state index in [0.717, 1.165) is 28.7 Å². The van der Waals surface area contributed by atoms with E-state index in [2.05, 4.69) is 47.2 Å². The molecule has 0 aliphatic carbocycles. The summed E-state index contributed by atoms with van der Waals surface area (Å²) in [5.41, 5.74) is 3.96. The summed E-state index contributed by atoms with van der Waals surface area (Å²) < 4.78 is 7.12. The lowest BCUT2D eigenvalue weighted by Crippen LogP contribution is -2.49. The molecular weight excluding hydrogens is 716 g/mol. The molecule has 0 spiro atoms. The van der Waals surface area contributed by atoms with Gasteiger partial charge in [0.15, 0.2) is 5.78 Å². The van der Waals surface area contributed by atoms with Crippen LogP contribution in [0, 0.1) is 39.0 Å². The zero-order valence-electron chi connectivity index (χ0n) is 29.1. The van der Waals surface area contributed by atoms with Gasteiger partial charge in [0.2, 0.25) is 11.8 Å². The van der Waals surface area contributed by atoms with Crippen molar-refractivity contribution in [2.24, 2.45) is 5.92 Å². The molecule has 4 aromatic rings. The van der Waals surface area contributed by atoms with E-state index < -0.39 is 29.9 Å². The molecule has 264 valence electrons. The van der Waals surface area contributed by atoms with Gasteiger partial charge in [0.1, 0.15) is 40.6 Å². The second-order valence-electron chi connectivity index (χ2n) is 13.2. The van der Waals surface area contributed by atoms with Crippen molar-refractivity contribution in [3.05, 3.63) is 63.9 Å². The molecule has 14 heteroatoms. The number of terminal acetylenes is 1. The first-order valence-electron chi connectivity index (χ1n) is 16.7. The highest BCUT2D eigenvalue weighted by molar-refractivity contribution is 9.10. The number of aryl methyl sites for hydroxylation is 3. The van der Waals surface area contributed by atoms with Gasteiger partial charge in [0.05, 0.1) is 18.7 Å². The second-order valence-corrected chi connectivity index (χ2v) is 14.0. The normalized spacial score (nSPS) is 20.4. The molecule has 5 heterocycles. The highest BCUT2D eigenvalue weighted by atomic mass is 79.9. The molecule has 2 aliphatic heterocycles. The third kappa shape index (κ3) is 7.13. The van der Waals surface area contributed by atoms with Crippen molar-refractivity contribution < 1.29 is 23.9 Å². The summed E-state index contributed by atoms with van der Waals surface area (Å²) in [5, 5.41) is 8.12. The molecule has 4 atom stereocenters. The predicted molar refractivity (Wildman–Crippen MR) is 194 cm³/mol. The molecule has 2 aliphatic rings. The number of ketones is 1. The van der Waals surface area contributed by atoms with Gasteiger partial charge in [-0.3, -0.25) is 28.8 Å². The van der Waals surface area contributed by atoms with E-state index >= 15 is 0 Å². The number of benzene rings is 1. The molecule has 51 heavy (non-hydrogen) atoms. The maximum atomic E-state index is 14.5. The number of hydrogen-bond acceptors (Lipinski definition) is 10. The third-order valence-electron chi connectivity index (χ3n) is 9.75. The highest BCUT2D eigenvalue weighted by Gasteiger charge is 2.48. The van der Waals surface area contributed by atoms with Crippen LogP contribution >= 0.6 is 15.9 Å². The Balaban J connectivity index is 1.36. The van der Waals surface area contributed by atoms with E-state index in [1.54, 1.807) is 25.4 Å². The van der Waals surface area contributed by atoms with Crippen LogP contribution in [-0.4, -0.2) is 96.4 Å². The molecule has 1 aromatic carbocycles. The van der Waals surface area contributed by atoms with Gasteiger partial charge in [-0.15, -0.1) is 6.42 Å². The number of aromatic nitrogens is 5. The van der Waals surface area contributed by atoms with Crippen molar-refractivity contribution >= 4 is 56.2 Å². The molecule has 0 radical (unpaired) electrons. The quantitative estimate of drug-likeness (QED) is 0.114. The van der Waals surface area contributed by atoms with Gasteiger partial charge in [0.25, 0.3) is 0 Å². The van der Waals surface area contributed by atoms with Crippen molar-refractivity contribution in [1.29, 1.82) is 0 Å². The Morgan fingerprint density at radius 2 is 1.80 bits per heavy atom. The van der Waals surface area contributed by atoms with Crippen LogP contribution in [0.1, 0.15) is 53.6 Å². The monoisotopic (exact) mass is 754 g/mol. The lowest BCUT2D eigenvalue weighted by atomic mass is 9.98. The van der Waals surface area contributed by atoms with Crippen LogP contribution in [0.25, 0.3) is 22.0 Å². The summed E-state index contributed by atoms with van der Waals surface area (Å²) in [6, 6.07) is 5.28. The smallest absolute Gasteiger partial charge is 0.323 e. The molecular formula is C37H39BrN8O5. The van der Waals surface area contributed by atoms with Crippen LogP contribution in [0.15, 0.2) is 41.3 Å². The van der Waals surface area contributed by atoms with Crippen molar-refractivity contribution in [3.8, 4) is 23.5 Å². The van der Waals surface area contributed by atoms with Gasteiger partial charge < -0.3 is 15.0 Å². The standard InChI is InChI=1S/C37H39BrN8O5/c1-7-28-25(18-44-12-8-9-29(44)37(50)51-6)15-30(36(49)42-35-20(2)10-11-31(38)41-35)46(28)32(48)19-45-34-21(3)13-24(26-16-39-23(5)40-17-26)14-27(34)33(43-45)22(4)47/h1,10-11,13-14,16-17,25,28-30H,8-9,12,15,18-19H2,2-6H3,(H,41,42,49)/t25-,28-,29+,30+/m1/s1. The van der Waals surface area contributed by atoms with Gasteiger partial charge in [-0.1, -0.05) is 12.0 Å². The Bertz CT molecular complexity index is 2070. The third-order valence-corrected chi connectivity index (χ3v) is 10.2. The number of esters is 1. The van der Waals surface area contributed by atoms with Crippen LogP contribution in [0.2, 0.25) is 0 Å². The molecule has 6 rings (SSSR count). The molecule has 2 amide bonds. The van der Waals surface area contributed by atoms with Crippen molar-refractivity contribution in [3.63, 3.8) is 0 Å². The molecule has 13 nitrogen and oxygen atoms in total. The number of pyridine rings is 1. The van der Waals surface area contributed by atoms with Crippen LogP contribution < -0.4 is 5.32 Å². The predicted octanol–water partition coefficient (Wildman–Crippen LogP) is 4.27. The van der Waals surface area contributed by atoms with E-state index in [1.807, 2.05) is 36.9 Å². The first-order chi connectivity index (χ1) is 24.4. The van der Waals surface area contributed by atoms with Crippen molar-refractivity contribution in [2.75, 3.05) is 25.5 Å². The number of hydrogen-bond donors (Lipinski definition) is 1. The largest absolute Gasteiger partial charge is 0.468 e. The molecule has 0 unspecified atom stereocenters. The number of nitrogens with zero attached hydrogens (tertiary/aromatic N) is 7. The fraction of sp³-hybridized carbons (Fsp3) is 0.405. The number of ether oxygens (including phenoxy) is 1. The molecule has 0 saturated carbocycles. The summed E-state index contributed by atoms with van der Waals surface area (Å²) in [7, 11) is 1.37. The summed E-state index contributed by atoms with van der Waals surface area (Å²) >= 11 is 3.37. The van der Waals surface area contributed by atoms with Crippen LogP contribution in [0.4, 0.5) is 5.82 Å². The van der Waals surface area contributed by atoms with Gasteiger partial charge >= 0.3 is 5.97 Å². The van der Waals surface area contributed by atoms with Crippen LogP contribution in [-0.2, 0) is 25.7 Å². The number of amides is 2. The first-order valence-corrected chi connectivity index (χ1v) is 17.5. The van der Waals surface area contributed by atoms with Gasteiger partial charge in [-0.05, 0) is 97.4 Å². The zero-order chi connectivity index (χ0) is 36.6. The topological polar surface area (TPSA) is 153 Å². The van der Waals surface area contributed by atoms with E-state index in [-0.39, 0.29) is 36.3 Å². The number of carbonyl (C=O) groups is 4. The number of rotatable bonds is 9. The fourth-order valence-corrected chi connectivity index (χ4v) is 7.61. The molecule has 2 saturated heterocycles. The van der Waals surface area contributed by atoms with Crippen LogP contribution in [0.5, 0.6) is 0 Å². The Labute approximate surface area is 304 Å². The zero-order valence-corrected chi connectivity index (χ0v) is 30.7. The second kappa shape index (κ2) is 14.7. The minimum absolute atomic E-state index is 0.219. The number of Topliss-reactive ketones (excluding diaryl/α,β-unsaturated/α-hetero) is 1.